The topological polar surface area (TPSA) is 55.4 Å². The van der Waals surface area contributed by atoms with Gasteiger partial charge in [-0.2, -0.15) is 0 Å². The van der Waals surface area contributed by atoms with Gasteiger partial charge >= 0.3 is 5.97 Å². The van der Waals surface area contributed by atoms with Crippen molar-refractivity contribution in [2.24, 2.45) is 0 Å². The number of unbranched alkanes of at least 4 members (excludes halogenated alkanes) is 2. The molecule has 0 saturated heterocycles. The van der Waals surface area contributed by atoms with Crippen molar-refractivity contribution in [3.05, 3.63) is 41.5 Å². The maximum Gasteiger partial charge on any atom is 0.313 e. The predicted octanol–water partition coefficient (Wildman–Crippen LogP) is 4.82. The molecule has 132 valence electrons. The van der Waals surface area contributed by atoms with Crippen molar-refractivity contribution in [1.82, 2.24) is 0 Å². The number of benzene rings is 1. The molecule has 1 rings (SSSR count). The highest BCUT2D eigenvalue weighted by molar-refractivity contribution is 5.99. The summed E-state index contributed by atoms with van der Waals surface area (Å²) in [5.41, 5.74) is 2.60. The lowest BCUT2D eigenvalue weighted by atomic mass is 9.93. The number of carbonyl (C=O) groups excluding carboxylic acids is 2. The summed E-state index contributed by atoms with van der Waals surface area (Å²) < 4.78 is 5.21. The van der Waals surface area contributed by atoms with E-state index >= 15 is 0 Å². The van der Waals surface area contributed by atoms with Gasteiger partial charge in [-0.15, -0.1) is 0 Å². The van der Waals surface area contributed by atoms with Crippen molar-refractivity contribution in [2.75, 3.05) is 11.9 Å². The lowest BCUT2D eigenvalue weighted by molar-refractivity contribution is -0.145. The van der Waals surface area contributed by atoms with E-state index in [-0.39, 0.29) is 17.8 Å². The summed E-state index contributed by atoms with van der Waals surface area (Å²) in [6.45, 7) is 8.11. The Hall–Kier alpha value is -2.10. The average molecular weight is 331 g/mol. The van der Waals surface area contributed by atoms with Crippen LogP contribution in [0.25, 0.3) is 0 Å². The van der Waals surface area contributed by atoms with E-state index in [4.69, 9.17) is 4.74 Å². The molecule has 0 heterocycles. The zero-order chi connectivity index (χ0) is 17.9. The summed E-state index contributed by atoms with van der Waals surface area (Å²) in [5, 5.41) is 2.81. The molecule has 0 aliphatic carbocycles. The van der Waals surface area contributed by atoms with Crippen molar-refractivity contribution in [1.29, 1.82) is 0 Å². The molecule has 1 unspecified atom stereocenters. The molecule has 0 spiro atoms. The first-order valence-corrected chi connectivity index (χ1v) is 8.70. The Bertz CT molecular complexity index is 557. The highest BCUT2D eigenvalue weighted by Gasteiger charge is 2.21. The van der Waals surface area contributed by atoms with Gasteiger partial charge in [0.2, 0.25) is 5.91 Å². The molecule has 1 aromatic rings. The molecule has 0 saturated carbocycles. The summed E-state index contributed by atoms with van der Waals surface area (Å²) in [6.07, 6.45) is 5.56. The van der Waals surface area contributed by atoms with E-state index in [1.54, 1.807) is 6.08 Å². The summed E-state index contributed by atoms with van der Waals surface area (Å²) in [5.74, 6) is -0.554. The number of ether oxygens (including phenoxy) is 1. The SMILES string of the molecule is CCCCCC(C(=O)OCC)c1ccc(NC(=O)C=C(C)C)cc1. The van der Waals surface area contributed by atoms with Crippen molar-refractivity contribution in [3.63, 3.8) is 0 Å². The lowest BCUT2D eigenvalue weighted by Crippen LogP contribution is -2.16. The minimum absolute atomic E-state index is 0.146. The van der Waals surface area contributed by atoms with Crippen LogP contribution in [0.15, 0.2) is 35.9 Å². The van der Waals surface area contributed by atoms with Crippen LogP contribution in [-0.4, -0.2) is 18.5 Å². The largest absolute Gasteiger partial charge is 0.466 e. The van der Waals surface area contributed by atoms with Crippen molar-refractivity contribution in [3.8, 4) is 0 Å². The normalized spacial score (nSPS) is 11.5. The Morgan fingerprint density at radius 3 is 2.33 bits per heavy atom. The third-order valence-corrected chi connectivity index (χ3v) is 3.67. The van der Waals surface area contributed by atoms with Crippen molar-refractivity contribution < 1.29 is 14.3 Å². The number of hydrogen-bond acceptors (Lipinski definition) is 3. The van der Waals surface area contributed by atoms with Crippen LogP contribution in [0.3, 0.4) is 0 Å². The number of anilines is 1. The fourth-order valence-corrected chi connectivity index (χ4v) is 2.50. The molecule has 1 N–H and O–H groups in total. The van der Waals surface area contributed by atoms with Crippen LogP contribution in [0.1, 0.15) is 64.9 Å². The Kier molecular flexibility index (Phi) is 8.84. The maximum absolute atomic E-state index is 12.2. The quantitative estimate of drug-likeness (QED) is 0.401. The van der Waals surface area contributed by atoms with Crippen LogP contribution < -0.4 is 5.32 Å². The molecule has 1 amide bonds. The van der Waals surface area contributed by atoms with Gasteiger partial charge in [0.1, 0.15) is 0 Å². The first-order chi connectivity index (χ1) is 11.5. The second kappa shape index (κ2) is 10.6. The second-order valence-corrected chi connectivity index (χ2v) is 6.13. The van der Waals surface area contributed by atoms with Crippen LogP contribution >= 0.6 is 0 Å². The minimum atomic E-state index is -0.237. The summed E-state index contributed by atoms with van der Waals surface area (Å²) >= 11 is 0. The smallest absolute Gasteiger partial charge is 0.313 e. The summed E-state index contributed by atoms with van der Waals surface area (Å²) in [7, 11) is 0. The van der Waals surface area contributed by atoms with E-state index in [9.17, 15) is 9.59 Å². The zero-order valence-electron chi connectivity index (χ0n) is 15.2. The minimum Gasteiger partial charge on any atom is -0.466 e. The number of rotatable bonds is 9. The monoisotopic (exact) mass is 331 g/mol. The Labute approximate surface area is 145 Å². The molecule has 1 atom stereocenters. The van der Waals surface area contributed by atoms with Crippen molar-refractivity contribution in [2.45, 2.75) is 59.3 Å². The van der Waals surface area contributed by atoms with E-state index in [1.165, 1.54) is 0 Å². The molecule has 0 aromatic heterocycles. The predicted molar refractivity (Wildman–Crippen MR) is 98.0 cm³/mol. The molecular weight excluding hydrogens is 302 g/mol. The van der Waals surface area contributed by atoms with Gasteiger partial charge in [-0.05, 0) is 44.9 Å². The van der Waals surface area contributed by atoms with Crippen LogP contribution in [0.5, 0.6) is 0 Å². The van der Waals surface area contributed by atoms with Gasteiger partial charge in [0.25, 0.3) is 0 Å². The van der Waals surface area contributed by atoms with Crippen molar-refractivity contribution >= 4 is 17.6 Å². The van der Waals surface area contributed by atoms with Crippen LogP contribution in [-0.2, 0) is 14.3 Å². The number of amides is 1. The first kappa shape index (κ1) is 19.9. The van der Waals surface area contributed by atoms with Gasteiger partial charge < -0.3 is 10.1 Å². The van der Waals surface area contributed by atoms with Gasteiger partial charge in [0.15, 0.2) is 0 Å². The van der Waals surface area contributed by atoms with E-state index in [0.29, 0.717) is 6.61 Å². The zero-order valence-corrected chi connectivity index (χ0v) is 15.2. The molecule has 0 bridgehead atoms. The van der Waals surface area contributed by atoms with Gasteiger partial charge in [0, 0.05) is 11.8 Å². The molecule has 24 heavy (non-hydrogen) atoms. The standard InChI is InChI=1S/C20H29NO3/c1-5-7-8-9-18(20(23)24-6-2)16-10-12-17(13-11-16)21-19(22)14-15(3)4/h10-14,18H,5-9H2,1-4H3,(H,21,22). The number of esters is 1. The number of carbonyl (C=O) groups is 2. The molecule has 0 radical (unpaired) electrons. The van der Waals surface area contributed by atoms with Gasteiger partial charge in [0.05, 0.1) is 12.5 Å². The Morgan fingerprint density at radius 1 is 1.12 bits per heavy atom. The summed E-state index contributed by atoms with van der Waals surface area (Å²) in [4.78, 5) is 24.0. The number of hydrogen-bond donors (Lipinski definition) is 1. The molecule has 0 fully saturated rings. The van der Waals surface area contributed by atoms with E-state index in [1.807, 2.05) is 45.0 Å². The van der Waals surface area contributed by atoms with Crippen LogP contribution in [0.4, 0.5) is 5.69 Å². The van der Waals surface area contributed by atoms with E-state index in [2.05, 4.69) is 12.2 Å². The molecule has 0 aliphatic heterocycles. The fraction of sp³-hybridized carbons (Fsp3) is 0.500. The molecule has 4 heteroatoms. The van der Waals surface area contributed by atoms with Gasteiger partial charge in [-0.25, -0.2) is 0 Å². The van der Waals surface area contributed by atoms with E-state index < -0.39 is 0 Å². The first-order valence-electron chi connectivity index (χ1n) is 8.70. The fourth-order valence-electron chi connectivity index (χ4n) is 2.50. The number of allylic oxidation sites excluding steroid dienone is 1. The maximum atomic E-state index is 12.2. The Morgan fingerprint density at radius 2 is 1.79 bits per heavy atom. The Balaban J connectivity index is 2.82. The molecule has 1 aromatic carbocycles. The molecule has 0 aliphatic rings. The van der Waals surface area contributed by atoms with Gasteiger partial charge in [-0.3, -0.25) is 9.59 Å². The van der Waals surface area contributed by atoms with Crippen LogP contribution in [0, 0.1) is 0 Å². The second-order valence-electron chi connectivity index (χ2n) is 6.13. The number of nitrogens with one attached hydrogen (secondary N) is 1. The van der Waals surface area contributed by atoms with Crippen LogP contribution in [0.2, 0.25) is 0 Å². The molecule has 4 nitrogen and oxygen atoms in total. The third kappa shape index (κ3) is 6.99. The lowest BCUT2D eigenvalue weighted by Gasteiger charge is -2.16. The highest BCUT2D eigenvalue weighted by atomic mass is 16.5. The summed E-state index contributed by atoms with van der Waals surface area (Å²) in [6, 6.07) is 7.45. The third-order valence-electron chi connectivity index (χ3n) is 3.67. The van der Waals surface area contributed by atoms with Gasteiger partial charge in [-0.1, -0.05) is 43.9 Å². The molecular formula is C20H29NO3. The van der Waals surface area contributed by atoms with E-state index in [0.717, 1.165) is 42.5 Å². The highest BCUT2D eigenvalue weighted by Crippen LogP contribution is 2.25. The average Bonchev–Trinajstić information content (AvgIpc) is 2.52.